The van der Waals surface area contributed by atoms with Crippen LogP contribution in [0.3, 0.4) is 0 Å². The third-order valence-electron chi connectivity index (χ3n) is 3.98. The van der Waals surface area contributed by atoms with Crippen LogP contribution in [-0.4, -0.2) is 4.57 Å². The van der Waals surface area contributed by atoms with Gasteiger partial charge in [-0.15, -0.1) is 0 Å². The Morgan fingerprint density at radius 1 is 1.05 bits per heavy atom. The summed E-state index contributed by atoms with van der Waals surface area (Å²) >= 11 is 5.93. The smallest absolute Gasteiger partial charge is 0.274 e. The van der Waals surface area contributed by atoms with Crippen molar-refractivity contribution >= 4 is 17.3 Å². The van der Waals surface area contributed by atoms with Gasteiger partial charge in [-0.05, 0) is 42.7 Å². The van der Waals surface area contributed by atoms with Gasteiger partial charge in [-0.3, -0.25) is 4.79 Å². The van der Waals surface area contributed by atoms with E-state index in [1.54, 1.807) is 6.07 Å². The van der Waals surface area contributed by atoms with Crippen molar-refractivity contribution in [2.75, 3.05) is 5.73 Å². The number of aromatic nitrogens is 1. The Balaban J connectivity index is 2.17. The van der Waals surface area contributed by atoms with Gasteiger partial charge in [-0.2, -0.15) is 0 Å². The molecule has 1 fully saturated rings. The summed E-state index contributed by atoms with van der Waals surface area (Å²) in [5.41, 5.74) is 7.96. The van der Waals surface area contributed by atoms with E-state index in [0.717, 1.165) is 24.1 Å². The highest BCUT2D eigenvalue weighted by Gasteiger charge is 2.21. The van der Waals surface area contributed by atoms with Crippen molar-refractivity contribution in [3.63, 3.8) is 0 Å². The lowest BCUT2D eigenvalue weighted by Crippen LogP contribution is -2.27. The fourth-order valence-corrected chi connectivity index (χ4v) is 3.08. The second kappa shape index (κ2) is 5.33. The van der Waals surface area contributed by atoms with E-state index in [1.807, 2.05) is 34.9 Å². The molecule has 2 N–H and O–H groups in total. The summed E-state index contributed by atoms with van der Waals surface area (Å²) in [6.45, 7) is 0. The second-order valence-electron chi connectivity index (χ2n) is 5.29. The van der Waals surface area contributed by atoms with Crippen LogP contribution >= 0.6 is 11.6 Å². The van der Waals surface area contributed by atoms with Gasteiger partial charge >= 0.3 is 0 Å². The summed E-state index contributed by atoms with van der Waals surface area (Å²) in [7, 11) is 0. The number of nitrogen functional groups attached to an aromatic ring is 1. The average molecular weight is 289 g/mol. The van der Waals surface area contributed by atoms with Gasteiger partial charge in [0.25, 0.3) is 5.56 Å². The first kappa shape index (κ1) is 13.3. The molecule has 1 saturated carbocycles. The molecule has 1 aromatic heterocycles. The van der Waals surface area contributed by atoms with E-state index in [2.05, 4.69) is 0 Å². The Hall–Kier alpha value is -1.74. The van der Waals surface area contributed by atoms with Crippen LogP contribution in [0.15, 0.2) is 41.2 Å². The molecular formula is C16H17ClN2O. The normalized spacial score (nSPS) is 15.7. The molecule has 3 rings (SSSR count). The molecule has 1 aromatic carbocycles. The number of benzene rings is 1. The molecule has 0 atom stereocenters. The fourth-order valence-electron chi connectivity index (χ4n) is 2.95. The van der Waals surface area contributed by atoms with Crippen molar-refractivity contribution in [3.05, 3.63) is 51.8 Å². The van der Waals surface area contributed by atoms with Crippen LogP contribution in [0.25, 0.3) is 11.3 Å². The van der Waals surface area contributed by atoms with Gasteiger partial charge in [0.05, 0.1) is 11.4 Å². The van der Waals surface area contributed by atoms with Gasteiger partial charge < -0.3 is 10.3 Å². The lowest BCUT2D eigenvalue weighted by molar-refractivity contribution is 0.509. The zero-order valence-corrected chi connectivity index (χ0v) is 11.9. The number of nitrogens with two attached hydrogens (primary N) is 1. The van der Waals surface area contributed by atoms with Crippen LogP contribution in [0.5, 0.6) is 0 Å². The Bertz CT molecular complexity index is 670. The molecule has 104 valence electrons. The van der Waals surface area contributed by atoms with E-state index < -0.39 is 0 Å². The van der Waals surface area contributed by atoms with Crippen molar-refractivity contribution in [2.45, 2.75) is 31.7 Å². The van der Waals surface area contributed by atoms with Gasteiger partial charge in [0.15, 0.2) is 0 Å². The molecule has 0 unspecified atom stereocenters. The number of anilines is 1. The van der Waals surface area contributed by atoms with Crippen molar-refractivity contribution in [2.24, 2.45) is 0 Å². The van der Waals surface area contributed by atoms with Gasteiger partial charge in [-0.25, -0.2) is 0 Å². The first-order chi connectivity index (χ1) is 9.66. The molecule has 3 nitrogen and oxygen atoms in total. The van der Waals surface area contributed by atoms with Gasteiger partial charge in [0.2, 0.25) is 0 Å². The van der Waals surface area contributed by atoms with Gasteiger partial charge in [-0.1, -0.05) is 36.6 Å². The quantitative estimate of drug-likeness (QED) is 0.912. The first-order valence-corrected chi connectivity index (χ1v) is 7.31. The van der Waals surface area contributed by atoms with E-state index in [-0.39, 0.29) is 11.6 Å². The minimum Gasteiger partial charge on any atom is -0.394 e. The summed E-state index contributed by atoms with van der Waals surface area (Å²) in [5.74, 6) is 0. The molecule has 20 heavy (non-hydrogen) atoms. The lowest BCUT2D eigenvalue weighted by atomic mass is 10.1. The van der Waals surface area contributed by atoms with Crippen molar-refractivity contribution in [1.29, 1.82) is 0 Å². The highest BCUT2D eigenvalue weighted by Crippen LogP contribution is 2.32. The Kier molecular flexibility index (Phi) is 3.53. The zero-order valence-electron chi connectivity index (χ0n) is 11.2. The number of hydrogen-bond acceptors (Lipinski definition) is 2. The molecule has 1 aliphatic rings. The van der Waals surface area contributed by atoms with Gasteiger partial charge in [0.1, 0.15) is 0 Å². The maximum Gasteiger partial charge on any atom is 0.274 e. The topological polar surface area (TPSA) is 48.0 Å². The van der Waals surface area contributed by atoms with Crippen LogP contribution in [0.1, 0.15) is 31.7 Å². The summed E-state index contributed by atoms with van der Waals surface area (Å²) < 4.78 is 1.87. The minimum atomic E-state index is -0.0793. The molecule has 0 spiro atoms. The Morgan fingerprint density at radius 2 is 1.70 bits per heavy atom. The van der Waals surface area contributed by atoms with Crippen LogP contribution < -0.4 is 11.3 Å². The van der Waals surface area contributed by atoms with E-state index in [9.17, 15) is 4.79 Å². The predicted octanol–water partition coefficient (Wildman–Crippen LogP) is 3.87. The largest absolute Gasteiger partial charge is 0.394 e. The Morgan fingerprint density at radius 3 is 2.35 bits per heavy atom. The molecule has 2 aromatic rings. The molecule has 0 saturated heterocycles. The molecule has 4 heteroatoms. The van der Waals surface area contributed by atoms with Crippen molar-refractivity contribution < 1.29 is 0 Å². The van der Waals surface area contributed by atoms with Crippen molar-refractivity contribution in [1.82, 2.24) is 4.57 Å². The van der Waals surface area contributed by atoms with Gasteiger partial charge in [0, 0.05) is 11.1 Å². The molecular weight excluding hydrogens is 272 g/mol. The first-order valence-electron chi connectivity index (χ1n) is 6.94. The van der Waals surface area contributed by atoms with E-state index >= 15 is 0 Å². The van der Waals surface area contributed by atoms with E-state index in [0.29, 0.717) is 10.7 Å². The highest BCUT2D eigenvalue weighted by atomic mass is 35.5. The second-order valence-corrected chi connectivity index (χ2v) is 5.73. The maximum atomic E-state index is 12.4. The number of nitrogens with zero attached hydrogens (tertiary/aromatic N) is 1. The summed E-state index contributed by atoms with van der Waals surface area (Å²) in [6.07, 6.45) is 4.44. The fraction of sp³-hybridized carbons (Fsp3) is 0.312. The van der Waals surface area contributed by atoms with Crippen LogP contribution in [0.4, 0.5) is 5.69 Å². The zero-order chi connectivity index (χ0) is 14.1. The van der Waals surface area contributed by atoms with Crippen molar-refractivity contribution in [3.8, 4) is 11.3 Å². The summed E-state index contributed by atoms with van der Waals surface area (Å²) in [4.78, 5) is 12.4. The van der Waals surface area contributed by atoms with Crippen LogP contribution in [-0.2, 0) is 0 Å². The number of hydrogen-bond donors (Lipinski definition) is 1. The molecule has 1 aliphatic carbocycles. The summed E-state index contributed by atoms with van der Waals surface area (Å²) in [6, 6.07) is 11.5. The maximum absolute atomic E-state index is 12.4. The molecule has 0 bridgehead atoms. The lowest BCUT2D eigenvalue weighted by Gasteiger charge is -2.19. The highest BCUT2D eigenvalue weighted by molar-refractivity contribution is 6.30. The number of pyridine rings is 1. The Labute approximate surface area is 123 Å². The summed E-state index contributed by atoms with van der Waals surface area (Å²) in [5, 5.41) is 0.693. The molecule has 0 radical (unpaired) electrons. The standard InChI is InChI=1S/C16H17ClN2O/c17-12-7-5-11(6-8-12)15-10-9-14(18)16(20)19(15)13-3-1-2-4-13/h5-10,13H,1-4,18H2. The number of halogens is 1. The van der Waals surface area contributed by atoms with Crippen LogP contribution in [0.2, 0.25) is 5.02 Å². The number of rotatable bonds is 2. The van der Waals surface area contributed by atoms with Crippen LogP contribution in [0, 0.1) is 0 Å². The van der Waals surface area contributed by atoms with E-state index in [4.69, 9.17) is 17.3 Å². The molecule has 0 aliphatic heterocycles. The SMILES string of the molecule is Nc1ccc(-c2ccc(Cl)cc2)n(C2CCCC2)c1=O. The average Bonchev–Trinajstić information content (AvgIpc) is 2.96. The molecule has 0 amide bonds. The third kappa shape index (κ3) is 2.34. The monoisotopic (exact) mass is 288 g/mol. The predicted molar refractivity (Wildman–Crippen MR) is 83.1 cm³/mol. The molecule has 1 heterocycles. The minimum absolute atomic E-state index is 0.0793. The van der Waals surface area contributed by atoms with E-state index in [1.165, 1.54) is 12.8 Å². The third-order valence-corrected chi connectivity index (χ3v) is 4.23.